The number of ketones is 1. The van der Waals surface area contributed by atoms with Crippen molar-refractivity contribution in [2.75, 3.05) is 0 Å². The Morgan fingerprint density at radius 2 is 1.86 bits per heavy atom. The maximum absolute atomic E-state index is 12.2. The molecule has 28 heavy (non-hydrogen) atoms. The van der Waals surface area contributed by atoms with Gasteiger partial charge in [0.1, 0.15) is 17.3 Å². The van der Waals surface area contributed by atoms with Gasteiger partial charge in [-0.2, -0.15) is 0 Å². The van der Waals surface area contributed by atoms with E-state index in [4.69, 9.17) is 4.74 Å². The number of ether oxygens (including phenoxy) is 1. The van der Waals surface area contributed by atoms with E-state index in [0.717, 1.165) is 27.4 Å². The average molecular weight is 389 g/mol. The molecule has 0 bridgehead atoms. The van der Waals surface area contributed by atoms with Crippen LogP contribution < -0.4 is 4.74 Å². The number of rotatable bonds is 6. The van der Waals surface area contributed by atoms with Gasteiger partial charge >= 0.3 is 0 Å². The van der Waals surface area contributed by atoms with E-state index in [1.807, 2.05) is 23.6 Å². The lowest BCUT2D eigenvalue weighted by Gasteiger charge is -2.10. The quantitative estimate of drug-likeness (QED) is 0.472. The minimum absolute atomic E-state index is 0.0992. The van der Waals surface area contributed by atoms with E-state index < -0.39 is 0 Å². The molecule has 0 aliphatic heterocycles. The number of hydrogen-bond acceptors (Lipinski definition) is 6. The summed E-state index contributed by atoms with van der Waals surface area (Å²) >= 11 is 1.49. The average Bonchev–Trinajstić information content (AvgIpc) is 3.18. The second-order valence-corrected chi connectivity index (χ2v) is 7.65. The number of benzene rings is 1. The first-order valence-electron chi connectivity index (χ1n) is 8.97. The minimum Gasteiger partial charge on any atom is -0.455 e. The summed E-state index contributed by atoms with van der Waals surface area (Å²) in [6.07, 6.45) is 5.74. The summed E-state index contributed by atoms with van der Waals surface area (Å²) in [4.78, 5) is 25.1. The van der Waals surface area contributed by atoms with Crippen LogP contribution in [0.5, 0.6) is 11.5 Å². The Kier molecular flexibility index (Phi) is 5.12. The molecule has 0 saturated carbocycles. The highest BCUT2D eigenvalue weighted by Crippen LogP contribution is 2.30. The lowest BCUT2D eigenvalue weighted by molar-refractivity contribution is -0.117. The van der Waals surface area contributed by atoms with Gasteiger partial charge in [0.05, 0.1) is 23.1 Å². The Balaban J connectivity index is 1.48. The van der Waals surface area contributed by atoms with E-state index in [1.54, 1.807) is 18.6 Å². The normalized spacial score (nSPS) is 10.9. The van der Waals surface area contributed by atoms with Crippen molar-refractivity contribution in [2.24, 2.45) is 0 Å². The summed E-state index contributed by atoms with van der Waals surface area (Å²) in [5, 5.41) is 3.67. The zero-order chi connectivity index (χ0) is 19.5. The first-order chi connectivity index (χ1) is 13.6. The topological polar surface area (TPSA) is 65.0 Å². The Labute approximate surface area is 167 Å². The van der Waals surface area contributed by atoms with Crippen LogP contribution in [0.1, 0.15) is 21.8 Å². The third-order valence-electron chi connectivity index (χ3n) is 4.55. The monoisotopic (exact) mass is 389 g/mol. The van der Waals surface area contributed by atoms with E-state index in [0.29, 0.717) is 12.2 Å². The number of aryl methyl sites for hydroxylation is 2. The van der Waals surface area contributed by atoms with Gasteiger partial charge in [0, 0.05) is 35.3 Å². The zero-order valence-corrected chi connectivity index (χ0v) is 16.5. The summed E-state index contributed by atoms with van der Waals surface area (Å²) in [6, 6.07) is 9.67. The SMILES string of the molecule is Cc1cc2nccc(Oc3ccc(CC(=O)Cc4nccs4)nc3)c2cc1C. The number of thiazole rings is 1. The van der Waals surface area contributed by atoms with Gasteiger partial charge in [-0.15, -0.1) is 11.3 Å². The van der Waals surface area contributed by atoms with Gasteiger partial charge < -0.3 is 4.74 Å². The van der Waals surface area contributed by atoms with Gasteiger partial charge in [0.15, 0.2) is 0 Å². The summed E-state index contributed by atoms with van der Waals surface area (Å²) in [5.41, 5.74) is 4.01. The van der Waals surface area contributed by atoms with Gasteiger partial charge in [0.25, 0.3) is 0 Å². The fraction of sp³-hybridized carbons (Fsp3) is 0.182. The molecule has 0 aliphatic rings. The number of fused-ring (bicyclic) bond motifs is 1. The van der Waals surface area contributed by atoms with E-state index in [1.165, 1.54) is 22.5 Å². The standard InChI is InChI=1S/C22H19N3O2S/c1-14-9-19-20(10-15(14)2)23-6-5-21(19)27-18-4-3-16(25-13-18)11-17(26)12-22-24-7-8-28-22/h3-10,13H,11-12H2,1-2H3. The summed E-state index contributed by atoms with van der Waals surface area (Å²) in [7, 11) is 0. The van der Waals surface area contributed by atoms with Crippen LogP contribution in [-0.2, 0) is 17.6 Å². The molecule has 0 amide bonds. The molecule has 4 aromatic rings. The molecule has 0 saturated heterocycles. The molecule has 0 spiro atoms. The van der Waals surface area contributed by atoms with Crippen LogP contribution in [0.25, 0.3) is 10.9 Å². The number of aromatic nitrogens is 3. The van der Waals surface area contributed by atoms with Crippen molar-refractivity contribution in [1.29, 1.82) is 0 Å². The van der Waals surface area contributed by atoms with Crippen LogP contribution in [0.4, 0.5) is 0 Å². The molecule has 140 valence electrons. The van der Waals surface area contributed by atoms with Crippen molar-refractivity contribution in [3.8, 4) is 11.5 Å². The highest BCUT2D eigenvalue weighted by molar-refractivity contribution is 7.09. The molecule has 0 unspecified atom stereocenters. The minimum atomic E-state index is 0.0992. The lowest BCUT2D eigenvalue weighted by atomic mass is 10.1. The number of nitrogens with zero attached hydrogens (tertiary/aromatic N) is 3. The maximum Gasteiger partial charge on any atom is 0.145 e. The van der Waals surface area contributed by atoms with Gasteiger partial charge in [0.2, 0.25) is 0 Å². The van der Waals surface area contributed by atoms with Gasteiger partial charge in [-0.05, 0) is 55.3 Å². The van der Waals surface area contributed by atoms with Gasteiger partial charge in [-0.25, -0.2) is 4.98 Å². The number of pyridine rings is 2. The highest BCUT2D eigenvalue weighted by atomic mass is 32.1. The summed E-state index contributed by atoms with van der Waals surface area (Å²) < 4.78 is 6.04. The molecule has 0 N–H and O–H groups in total. The molecule has 4 rings (SSSR count). The first-order valence-corrected chi connectivity index (χ1v) is 9.85. The van der Waals surface area contributed by atoms with E-state index in [2.05, 4.69) is 40.9 Å². The molecule has 3 heterocycles. The van der Waals surface area contributed by atoms with Crippen molar-refractivity contribution in [3.63, 3.8) is 0 Å². The molecule has 3 aromatic heterocycles. The van der Waals surface area contributed by atoms with Crippen molar-refractivity contribution < 1.29 is 9.53 Å². The lowest BCUT2D eigenvalue weighted by Crippen LogP contribution is -2.07. The van der Waals surface area contributed by atoms with Crippen LogP contribution in [-0.4, -0.2) is 20.7 Å². The number of carbonyl (C=O) groups is 1. The van der Waals surface area contributed by atoms with Crippen LogP contribution >= 0.6 is 11.3 Å². The second-order valence-electron chi connectivity index (χ2n) is 6.67. The number of Topliss-reactive ketones (excluding diaryl/α,β-unsaturated/α-hetero) is 1. The predicted octanol–water partition coefficient (Wildman–Crippen LogP) is 4.85. The molecule has 0 radical (unpaired) electrons. The molecule has 0 atom stereocenters. The Bertz CT molecular complexity index is 1120. The molecule has 0 aliphatic carbocycles. The zero-order valence-electron chi connectivity index (χ0n) is 15.7. The molecule has 5 nitrogen and oxygen atoms in total. The predicted molar refractivity (Wildman–Crippen MR) is 110 cm³/mol. The van der Waals surface area contributed by atoms with Crippen molar-refractivity contribution in [2.45, 2.75) is 26.7 Å². The van der Waals surface area contributed by atoms with Gasteiger partial charge in [-0.3, -0.25) is 14.8 Å². The Morgan fingerprint density at radius 1 is 1.00 bits per heavy atom. The van der Waals surface area contributed by atoms with Crippen molar-refractivity contribution in [3.05, 3.63) is 76.1 Å². The molecular weight excluding hydrogens is 370 g/mol. The summed E-state index contributed by atoms with van der Waals surface area (Å²) in [6.45, 7) is 4.15. The van der Waals surface area contributed by atoms with E-state index in [-0.39, 0.29) is 12.2 Å². The van der Waals surface area contributed by atoms with Crippen molar-refractivity contribution >= 4 is 28.0 Å². The highest BCUT2D eigenvalue weighted by Gasteiger charge is 2.10. The number of hydrogen-bond donors (Lipinski definition) is 0. The fourth-order valence-electron chi connectivity index (χ4n) is 2.95. The third kappa shape index (κ3) is 4.07. The van der Waals surface area contributed by atoms with Crippen LogP contribution in [0.15, 0.2) is 54.3 Å². The summed E-state index contributed by atoms with van der Waals surface area (Å²) in [5.74, 6) is 1.46. The van der Waals surface area contributed by atoms with Crippen LogP contribution in [0.3, 0.4) is 0 Å². The molecular formula is C22H19N3O2S. The maximum atomic E-state index is 12.2. The first kappa shape index (κ1) is 18.3. The smallest absolute Gasteiger partial charge is 0.145 e. The second kappa shape index (κ2) is 7.86. The van der Waals surface area contributed by atoms with E-state index in [9.17, 15) is 4.79 Å². The number of carbonyl (C=O) groups excluding carboxylic acids is 1. The Morgan fingerprint density at radius 3 is 2.61 bits per heavy atom. The molecule has 6 heteroatoms. The van der Waals surface area contributed by atoms with Gasteiger partial charge in [-0.1, -0.05) is 0 Å². The fourth-order valence-corrected chi connectivity index (χ4v) is 3.59. The van der Waals surface area contributed by atoms with Crippen LogP contribution in [0.2, 0.25) is 0 Å². The van der Waals surface area contributed by atoms with E-state index >= 15 is 0 Å². The molecule has 1 aromatic carbocycles. The Hall–Kier alpha value is -3.12. The van der Waals surface area contributed by atoms with Crippen LogP contribution in [0, 0.1) is 13.8 Å². The molecule has 0 fully saturated rings. The third-order valence-corrected chi connectivity index (χ3v) is 5.33. The van der Waals surface area contributed by atoms with Crippen molar-refractivity contribution in [1.82, 2.24) is 15.0 Å². The largest absolute Gasteiger partial charge is 0.455 e.